The van der Waals surface area contributed by atoms with Crippen LogP contribution in [0.3, 0.4) is 0 Å². The fraction of sp³-hybridized carbons (Fsp3) is 0.458. The summed E-state index contributed by atoms with van der Waals surface area (Å²) in [6.45, 7) is 3.80. The third kappa shape index (κ3) is 5.41. The number of sulfone groups is 1. The Balaban J connectivity index is 1.68. The molecule has 0 spiro atoms. The van der Waals surface area contributed by atoms with Crippen LogP contribution in [0.15, 0.2) is 59.5 Å². The van der Waals surface area contributed by atoms with Crippen molar-refractivity contribution in [2.45, 2.75) is 55.0 Å². The standard InChI is InChI=1S/C24H29F3N2O3S/c1-23(2,33(31,32)20-10-6-9-19(16-20)24(25,26)27)18-11-13-29(14-12-18)22(30)21(28)15-17-7-4-3-5-8-17/h3-10,16,18,21H,11-15,28H2,1-2H3/t21-/m1/s1. The Bertz CT molecular complexity index is 1080. The molecule has 1 aliphatic heterocycles. The second-order valence-corrected chi connectivity index (χ2v) is 11.6. The summed E-state index contributed by atoms with van der Waals surface area (Å²) in [5.41, 5.74) is 6.08. The number of amides is 1. The summed E-state index contributed by atoms with van der Waals surface area (Å²) in [4.78, 5) is 14.1. The van der Waals surface area contributed by atoms with Crippen molar-refractivity contribution in [3.63, 3.8) is 0 Å². The first-order chi connectivity index (χ1) is 15.3. The van der Waals surface area contributed by atoms with Crippen molar-refractivity contribution >= 4 is 15.7 Å². The highest BCUT2D eigenvalue weighted by Crippen LogP contribution is 2.39. The SMILES string of the molecule is CC(C)(C1CCN(C(=O)[C@H](N)Cc2ccccc2)CC1)S(=O)(=O)c1cccc(C(F)(F)F)c1. The molecule has 0 aromatic heterocycles. The summed E-state index contributed by atoms with van der Waals surface area (Å²) in [6, 6.07) is 12.6. The first-order valence-corrected chi connectivity index (χ1v) is 12.3. The van der Waals surface area contributed by atoms with Crippen LogP contribution in [0.1, 0.15) is 37.8 Å². The molecule has 0 unspecified atom stereocenters. The molecule has 1 aliphatic rings. The van der Waals surface area contributed by atoms with Gasteiger partial charge in [-0.1, -0.05) is 36.4 Å². The Hall–Kier alpha value is -2.39. The number of carbonyl (C=O) groups excluding carboxylic acids is 1. The quantitative estimate of drug-likeness (QED) is 0.673. The minimum Gasteiger partial charge on any atom is -0.341 e. The average molecular weight is 483 g/mol. The molecule has 180 valence electrons. The van der Waals surface area contributed by atoms with Crippen molar-refractivity contribution < 1.29 is 26.4 Å². The van der Waals surface area contributed by atoms with Gasteiger partial charge in [0.15, 0.2) is 9.84 Å². The fourth-order valence-corrected chi connectivity index (χ4v) is 6.17. The number of nitrogens with zero attached hydrogens (tertiary/aromatic N) is 1. The maximum absolute atomic E-state index is 13.3. The molecule has 0 saturated carbocycles. The lowest BCUT2D eigenvalue weighted by Gasteiger charge is -2.40. The number of hydrogen-bond acceptors (Lipinski definition) is 4. The van der Waals surface area contributed by atoms with Crippen LogP contribution in [0.2, 0.25) is 0 Å². The van der Waals surface area contributed by atoms with Gasteiger partial charge in [-0.3, -0.25) is 4.79 Å². The molecule has 2 N–H and O–H groups in total. The van der Waals surface area contributed by atoms with Crippen LogP contribution in [0.5, 0.6) is 0 Å². The van der Waals surface area contributed by atoms with Gasteiger partial charge in [0.05, 0.1) is 21.2 Å². The van der Waals surface area contributed by atoms with Gasteiger partial charge in [0.25, 0.3) is 0 Å². The Morgan fingerprint density at radius 3 is 2.24 bits per heavy atom. The number of nitrogens with two attached hydrogens (primary N) is 1. The first-order valence-electron chi connectivity index (χ1n) is 10.8. The predicted octanol–water partition coefficient (Wildman–Crippen LogP) is 4.07. The summed E-state index contributed by atoms with van der Waals surface area (Å²) < 4.78 is 64.5. The normalized spacial score (nSPS) is 17.1. The van der Waals surface area contributed by atoms with E-state index in [1.165, 1.54) is 6.07 Å². The van der Waals surface area contributed by atoms with Crippen LogP contribution >= 0.6 is 0 Å². The van der Waals surface area contributed by atoms with Gasteiger partial charge in [-0.05, 0) is 62.8 Å². The highest BCUT2D eigenvalue weighted by Gasteiger charge is 2.45. The minimum atomic E-state index is -4.63. The van der Waals surface area contributed by atoms with E-state index in [0.717, 1.165) is 17.7 Å². The molecule has 1 saturated heterocycles. The third-order valence-electron chi connectivity index (χ3n) is 6.57. The van der Waals surface area contributed by atoms with Crippen molar-refractivity contribution in [1.29, 1.82) is 0 Å². The van der Waals surface area contributed by atoms with Crippen molar-refractivity contribution in [2.24, 2.45) is 11.7 Å². The molecule has 1 heterocycles. The average Bonchev–Trinajstić information content (AvgIpc) is 2.78. The van der Waals surface area contributed by atoms with Crippen LogP contribution in [0.4, 0.5) is 13.2 Å². The molecular formula is C24H29F3N2O3S. The van der Waals surface area contributed by atoms with E-state index in [4.69, 9.17) is 5.73 Å². The Labute approximate surface area is 192 Å². The van der Waals surface area contributed by atoms with Crippen LogP contribution in [0.25, 0.3) is 0 Å². The number of hydrogen-bond donors (Lipinski definition) is 1. The molecule has 5 nitrogen and oxygen atoms in total. The number of rotatable bonds is 6. The van der Waals surface area contributed by atoms with Crippen LogP contribution in [-0.4, -0.2) is 43.1 Å². The maximum Gasteiger partial charge on any atom is 0.416 e. The van der Waals surface area contributed by atoms with E-state index in [1.54, 1.807) is 18.7 Å². The molecule has 9 heteroatoms. The monoisotopic (exact) mass is 482 g/mol. The molecule has 2 aromatic rings. The second-order valence-electron chi connectivity index (χ2n) is 9.03. The lowest BCUT2D eigenvalue weighted by atomic mass is 9.85. The zero-order chi connectivity index (χ0) is 24.4. The van der Waals surface area contributed by atoms with Crippen molar-refractivity contribution in [3.8, 4) is 0 Å². The second kappa shape index (κ2) is 9.46. The zero-order valence-corrected chi connectivity index (χ0v) is 19.5. The number of halogens is 3. The molecular weight excluding hydrogens is 453 g/mol. The summed E-state index contributed by atoms with van der Waals surface area (Å²) in [7, 11) is -4.04. The fourth-order valence-electron chi connectivity index (χ4n) is 4.35. The van der Waals surface area contributed by atoms with Crippen molar-refractivity contribution in [1.82, 2.24) is 4.90 Å². The van der Waals surface area contributed by atoms with Gasteiger partial charge in [-0.2, -0.15) is 13.2 Å². The molecule has 1 fully saturated rings. The van der Waals surface area contributed by atoms with E-state index in [-0.39, 0.29) is 16.7 Å². The molecule has 2 aromatic carbocycles. The van der Waals surface area contributed by atoms with E-state index >= 15 is 0 Å². The number of benzene rings is 2. The van der Waals surface area contributed by atoms with Gasteiger partial charge in [0.1, 0.15) is 0 Å². The zero-order valence-electron chi connectivity index (χ0n) is 18.7. The van der Waals surface area contributed by atoms with E-state index in [9.17, 15) is 26.4 Å². The molecule has 3 rings (SSSR count). The summed E-state index contributed by atoms with van der Waals surface area (Å²) >= 11 is 0. The van der Waals surface area contributed by atoms with Crippen molar-refractivity contribution in [2.75, 3.05) is 13.1 Å². The lowest BCUT2D eigenvalue weighted by Crippen LogP contribution is -2.51. The molecule has 0 bridgehead atoms. The van der Waals surface area contributed by atoms with Gasteiger partial charge in [-0.25, -0.2) is 8.42 Å². The third-order valence-corrected chi connectivity index (χ3v) is 9.16. The lowest BCUT2D eigenvalue weighted by molar-refractivity contribution is -0.137. The van der Waals surface area contributed by atoms with Crippen LogP contribution in [0, 0.1) is 5.92 Å². The number of likely N-dealkylation sites (tertiary alicyclic amines) is 1. The molecule has 1 amide bonds. The van der Waals surface area contributed by atoms with E-state index in [0.29, 0.717) is 38.4 Å². The molecule has 0 aliphatic carbocycles. The molecule has 33 heavy (non-hydrogen) atoms. The van der Waals surface area contributed by atoms with E-state index < -0.39 is 32.4 Å². The Morgan fingerprint density at radius 2 is 1.67 bits per heavy atom. The topological polar surface area (TPSA) is 80.5 Å². The van der Waals surface area contributed by atoms with Gasteiger partial charge < -0.3 is 10.6 Å². The van der Waals surface area contributed by atoms with Crippen LogP contribution in [-0.2, 0) is 27.2 Å². The smallest absolute Gasteiger partial charge is 0.341 e. The number of piperidine rings is 1. The van der Waals surface area contributed by atoms with Gasteiger partial charge >= 0.3 is 6.18 Å². The minimum absolute atomic E-state index is 0.184. The Morgan fingerprint density at radius 1 is 1.06 bits per heavy atom. The first kappa shape index (κ1) is 25.2. The van der Waals surface area contributed by atoms with E-state index in [1.807, 2.05) is 30.3 Å². The Kier molecular flexibility index (Phi) is 7.24. The summed E-state index contributed by atoms with van der Waals surface area (Å²) in [6.07, 6.45) is -3.36. The molecule has 1 atom stereocenters. The summed E-state index contributed by atoms with van der Waals surface area (Å²) in [5.74, 6) is -0.498. The summed E-state index contributed by atoms with van der Waals surface area (Å²) in [5, 5.41) is 0. The molecule has 0 radical (unpaired) electrons. The van der Waals surface area contributed by atoms with E-state index in [2.05, 4.69) is 0 Å². The van der Waals surface area contributed by atoms with Gasteiger partial charge in [0, 0.05) is 13.1 Å². The van der Waals surface area contributed by atoms with Gasteiger partial charge in [-0.15, -0.1) is 0 Å². The largest absolute Gasteiger partial charge is 0.416 e. The number of alkyl halides is 3. The highest BCUT2D eigenvalue weighted by atomic mass is 32.2. The van der Waals surface area contributed by atoms with Gasteiger partial charge in [0.2, 0.25) is 5.91 Å². The predicted molar refractivity (Wildman–Crippen MR) is 120 cm³/mol. The van der Waals surface area contributed by atoms with Crippen LogP contribution < -0.4 is 5.73 Å². The maximum atomic E-state index is 13.3. The number of carbonyl (C=O) groups is 1. The van der Waals surface area contributed by atoms with Crippen molar-refractivity contribution in [3.05, 3.63) is 65.7 Å². The highest BCUT2D eigenvalue weighted by molar-refractivity contribution is 7.92.